The number of carboxylic acid groups (broad SMARTS) is 1. The highest BCUT2D eigenvalue weighted by atomic mass is 35.5. The first-order chi connectivity index (χ1) is 16.4. The number of carboxylic acids is 1. The lowest BCUT2D eigenvalue weighted by atomic mass is 9.43. The van der Waals surface area contributed by atoms with Crippen molar-refractivity contribution in [2.24, 2.45) is 28.6 Å². The Bertz CT molecular complexity index is 1180. The SMILES string of the molecule is C[C@@H]1C[C@H]2[C@@H]3CCC4=CC(=O)C=C[C@]4(C)[C@@]3(Cl)[C@@H](O)C[C@]2(C)[C@]1(C(=O)CCl)c1ccoc1C(=O)O. The Hall–Kier alpha value is -1.89. The molecule has 4 aliphatic carbocycles. The Morgan fingerprint density at radius 2 is 1.97 bits per heavy atom. The number of Topliss-reactive ketones (excluding diaryl/α,β-unsaturated/α-hetero) is 1. The van der Waals surface area contributed by atoms with Gasteiger partial charge in [0.2, 0.25) is 5.76 Å². The summed E-state index contributed by atoms with van der Waals surface area (Å²) in [4.78, 5) is 37.0. The third-order valence-corrected chi connectivity index (χ3v) is 11.3. The van der Waals surface area contributed by atoms with Crippen molar-refractivity contribution in [1.82, 2.24) is 0 Å². The number of hydrogen-bond donors (Lipinski definition) is 2. The number of hydrogen-bond acceptors (Lipinski definition) is 5. The van der Waals surface area contributed by atoms with Crippen LogP contribution in [0.25, 0.3) is 0 Å². The van der Waals surface area contributed by atoms with E-state index in [9.17, 15) is 24.6 Å². The second-order valence-corrected chi connectivity index (χ2v) is 12.1. The van der Waals surface area contributed by atoms with E-state index in [4.69, 9.17) is 27.6 Å². The number of carbonyl (C=O) groups is 3. The van der Waals surface area contributed by atoms with Crippen LogP contribution in [0, 0.1) is 28.6 Å². The minimum absolute atomic E-state index is 0.0753. The fourth-order valence-electron chi connectivity index (χ4n) is 8.78. The molecule has 0 amide bonds. The van der Waals surface area contributed by atoms with Crippen molar-refractivity contribution in [1.29, 1.82) is 0 Å². The largest absolute Gasteiger partial charge is 0.475 e. The van der Waals surface area contributed by atoms with Gasteiger partial charge in [-0.15, -0.1) is 23.2 Å². The summed E-state index contributed by atoms with van der Waals surface area (Å²) in [5.41, 5.74) is -1.50. The Labute approximate surface area is 214 Å². The van der Waals surface area contributed by atoms with E-state index in [-0.39, 0.29) is 47.4 Å². The Kier molecular flexibility index (Phi) is 5.53. The number of aromatic carboxylic acids is 1. The van der Waals surface area contributed by atoms with Crippen LogP contribution in [0.2, 0.25) is 0 Å². The summed E-state index contributed by atoms with van der Waals surface area (Å²) in [6.07, 6.45) is 7.47. The van der Waals surface area contributed by atoms with E-state index < -0.39 is 33.2 Å². The lowest BCUT2D eigenvalue weighted by molar-refractivity contribution is -0.139. The molecule has 0 unspecified atom stereocenters. The summed E-state index contributed by atoms with van der Waals surface area (Å²) in [6.45, 7) is 5.93. The van der Waals surface area contributed by atoms with Gasteiger partial charge in [-0.3, -0.25) is 9.59 Å². The zero-order valence-corrected chi connectivity index (χ0v) is 21.5. The summed E-state index contributed by atoms with van der Waals surface area (Å²) in [5, 5.41) is 21.7. The predicted octanol–water partition coefficient (Wildman–Crippen LogP) is 4.91. The molecule has 188 valence electrons. The molecule has 0 radical (unpaired) electrons. The van der Waals surface area contributed by atoms with Crippen LogP contribution in [0.15, 0.2) is 40.5 Å². The first-order valence-corrected chi connectivity index (χ1v) is 13.0. The maximum Gasteiger partial charge on any atom is 0.372 e. The van der Waals surface area contributed by atoms with Crippen LogP contribution in [0.4, 0.5) is 0 Å². The standard InChI is InChI=1S/C27H30Cl2O6/c1-14-10-19-17-5-4-15-11-16(30)6-8-24(15,2)27(17,29)20(31)12-25(19,3)26(14,21(32)13-28)18-7-9-35-22(18)23(33)34/h6-9,11,14,17,19-20,31H,4-5,10,12-13H2,1-3H3,(H,33,34)/t14-,17+,19+,20+,24+,25+,26+,27+/m1/s1. The van der Waals surface area contributed by atoms with E-state index in [1.54, 1.807) is 12.1 Å². The number of rotatable bonds is 4. The van der Waals surface area contributed by atoms with Gasteiger partial charge in [0, 0.05) is 11.0 Å². The smallest absolute Gasteiger partial charge is 0.372 e. The maximum absolute atomic E-state index is 13.8. The van der Waals surface area contributed by atoms with Crippen LogP contribution in [0.5, 0.6) is 0 Å². The van der Waals surface area contributed by atoms with Gasteiger partial charge in [-0.05, 0) is 67.1 Å². The van der Waals surface area contributed by atoms with Crippen LogP contribution in [0.1, 0.15) is 62.6 Å². The second-order valence-electron chi connectivity index (χ2n) is 11.2. The van der Waals surface area contributed by atoms with E-state index in [1.807, 2.05) is 26.8 Å². The minimum Gasteiger partial charge on any atom is -0.475 e. The van der Waals surface area contributed by atoms with Crippen LogP contribution >= 0.6 is 23.2 Å². The number of ketones is 2. The topological polar surface area (TPSA) is 105 Å². The molecule has 0 spiro atoms. The molecule has 3 fully saturated rings. The molecule has 0 aliphatic heterocycles. The highest BCUT2D eigenvalue weighted by Gasteiger charge is 2.75. The summed E-state index contributed by atoms with van der Waals surface area (Å²) in [5.74, 6) is -2.61. The summed E-state index contributed by atoms with van der Waals surface area (Å²) in [7, 11) is 0. The highest BCUT2D eigenvalue weighted by Crippen LogP contribution is 2.74. The van der Waals surface area contributed by atoms with Crippen molar-refractivity contribution in [3.63, 3.8) is 0 Å². The molecule has 0 bridgehead atoms. The van der Waals surface area contributed by atoms with Gasteiger partial charge < -0.3 is 14.6 Å². The number of alkyl halides is 2. The minimum atomic E-state index is -1.24. The van der Waals surface area contributed by atoms with Crippen LogP contribution in [-0.2, 0) is 15.0 Å². The van der Waals surface area contributed by atoms with Crippen molar-refractivity contribution in [2.45, 2.75) is 62.8 Å². The molecule has 0 aromatic carbocycles. The first-order valence-electron chi connectivity index (χ1n) is 12.1. The lowest BCUT2D eigenvalue weighted by Gasteiger charge is -2.64. The van der Waals surface area contributed by atoms with Gasteiger partial charge in [-0.1, -0.05) is 32.4 Å². The third-order valence-electron chi connectivity index (χ3n) is 10.1. The average molecular weight is 521 g/mol. The number of halogens is 2. The molecule has 8 heteroatoms. The number of aliphatic hydroxyl groups is 1. The fraction of sp³-hybridized carbons (Fsp3) is 0.593. The van der Waals surface area contributed by atoms with Crippen molar-refractivity contribution in [3.05, 3.63) is 47.5 Å². The lowest BCUT2D eigenvalue weighted by Crippen LogP contribution is -2.68. The van der Waals surface area contributed by atoms with Gasteiger partial charge in [0.05, 0.1) is 28.5 Å². The Morgan fingerprint density at radius 3 is 2.63 bits per heavy atom. The normalized spacial score (nSPS) is 44.3. The monoisotopic (exact) mass is 520 g/mol. The van der Waals surface area contributed by atoms with Crippen LogP contribution < -0.4 is 0 Å². The number of aliphatic hydroxyl groups excluding tert-OH is 1. The zero-order valence-electron chi connectivity index (χ0n) is 20.0. The second kappa shape index (κ2) is 7.80. The molecule has 0 saturated heterocycles. The van der Waals surface area contributed by atoms with E-state index in [1.165, 1.54) is 12.3 Å². The molecule has 6 nitrogen and oxygen atoms in total. The van der Waals surface area contributed by atoms with Gasteiger partial charge >= 0.3 is 5.97 Å². The van der Waals surface area contributed by atoms with Gasteiger partial charge in [-0.2, -0.15) is 0 Å². The van der Waals surface area contributed by atoms with Crippen molar-refractivity contribution in [3.8, 4) is 0 Å². The Balaban J connectivity index is 1.71. The third kappa shape index (κ3) is 2.79. The molecule has 5 rings (SSSR count). The number of allylic oxidation sites excluding steroid dienone is 4. The summed E-state index contributed by atoms with van der Waals surface area (Å²) in [6, 6.07) is 1.57. The predicted molar refractivity (Wildman–Crippen MR) is 131 cm³/mol. The summed E-state index contributed by atoms with van der Waals surface area (Å²) < 4.78 is 5.35. The number of furan rings is 1. The molecule has 1 aromatic rings. The molecule has 4 aliphatic rings. The Morgan fingerprint density at radius 1 is 1.26 bits per heavy atom. The first kappa shape index (κ1) is 24.8. The molecular formula is C27H30Cl2O6. The molecule has 8 atom stereocenters. The quantitative estimate of drug-likeness (QED) is 0.546. The molecule has 1 aromatic heterocycles. The average Bonchev–Trinajstić information content (AvgIpc) is 3.36. The van der Waals surface area contributed by atoms with Crippen molar-refractivity contribution in [2.75, 3.05) is 5.88 Å². The van der Waals surface area contributed by atoms with Crippen LogP contribution in [-0.4, -0.2) is 44.6 Å². The van der Waals surface area contributed by atoms with E-state index >= 15 is 0 Å². The number of fused-ring (bicyclic) bond motifs is 5. The number of carbonyl (C=O) groups excluding carboxylic acids is 2. The van der Waals surface area contributed by atoms with Crippen molar-refractivity contribution >= 4 is 40.7 Å². The van der Waals surface area contributed by atoms with E-state index in [0.29, 0.717) is 24.8 Å². The molecular weight excluding hydrogens is 491 g/mol. The van der Waals surface area contributed by atoms with Gasteiger partial charge in [0.25, 0.3) is 0 Å². The fourth-order valence-corrected chi connectivity index (χ4v) is 9.51. The van der Waals surface area contributed by atoms with Crippen LogP contribution in [0.3, 0.4) is 0 Å². The molecule has 3 saturated carbocycles. The van der Waals surface area contributed by atoms with Gasteiger partial charge in [0.1, 0.15) is 0 Å². The highest BCUT2D eigenvalue weighted by molar-refractivity contribution is 6.29. The zero-order chi connectivity index (χ0) is 25.6. The summed E-state index contributed by atoms with van der Waals surface area (Å²) >= 11 is 13.7. The van der Waals surface area contributed by atoms with E-state index in [0.717, 1.165) is 5.57 Å². The van der Waals surface area contributed by atoms with Gasteiger partial charge in [0.15, 0.2) is 11.6 Å². The van der Waals surface area contributed by atoms with E-state index in [2.05, 4.69) is 0 Å². The molecule has 2 N–H and O–H groups in total. The van der Waals surface area contributed by atoms with Gasteiger partial charge in [-0.25, -0.2) is 4.79 Å². The molecule has 1 heterocycles. The molecule has 35 heavy (non-hydrogen) atoms. The van der Waals surface area contributed by atoms with Crippen molar-refractivity contribution < 1.29 is 29.0 Å². The maximum atomic E-state index is 13.8.